The summed E-state index contributed by atoms with van der Waals surface area (Å²) in [6.45, 7) is 3.86. The highest BCUT2D eigenvalue weighted by Crippen LogP contribution is 2.31. The van der Waals surface area contributed by atoms with Gasteiger partial charge in [-0.1, -0.05) is 6.07 Å². The summed E-state index contributed by atoms with van der Waals surface area (Å²) >= 11 is 0. The van der Waals surface area contributed by atoms with Crippen LogP contribution in [0.2, 0.25) is 0 Å². The van der Waals surface area contributed by atoms with Gasteiger partial charge in [-0.05, 0) is 57.2 Å². The van der Waals surface area contributed by atoms with Crippen molar-refractivity contribution in [3.63, 3.8) is 0 Å². The fraction of sp³-hybridized carbons (Fsp3) is 0.565. The lowest BCUT2D eigenvalue weighted by atomic mass is 9.86. The lowest BCUT2D eigenvalue weighted by Crippen LogP contribution is -2.31. The first-order valence-corrected chi connectivity index (χ1v) is 10.7. The molecule has 0 radical (unpaired) electrons. The van der Waals surface area contributed by atoms with Gasteiger partial charge in [-0.2, -0.15) is 4.98 Å². The minimum Gasteiger partial charge on any atom is -0.496 e. The Morgan fingerprint density at radius 3 is 2.50 bits per heavy atom. The molecule has 1 aromatic carbocycles. The summed E-state index contributed by atoms with van der Waals surface area (Å²) < 4.78 is 11.0. The first-order chi connectivity index (χ1) is 14.5. The van der Waals surface area contributed by atoms with E-state index in [1.807, 2.05) is 44.2 Å². The van der Waals surface area contributed by atoms with Crippen molar-refractivity contribution < 1.29 is 9.47 Å². The highest BCUT2D eigenvalue weighted by molar-refractivity contribution is 5.49. The Labute approximate surface area is 180 Å². The van der Waals surface area contributed by atoms with E-state index in [0.29, 0.717) is 12.0 Å². The van der Waals surface area contributed by atoms with E-state index < -0.39 is 0 Å². The Kier molecular flexibility index (Phi) is 7.74. The van der Waals surface area contributed by atoms with Gasteiger partial charge in [0.1, 0.15) is 17.3 Å². The summed E-state index contributed by atoms with van der Waals surface area (Å²) in [7, 11) is 7.40. The van der Waals surface area contributed by atoms with Gasteiger partial charge >= 0.3 is 0 Å². The number of benzene rings is 1. The number of rotatable bonds is 9. The van der Waals surface area contributed by atoms with Crippen LogP contribution in [0.3, 0.4) is 0 Å². The molecule has 2 aromatic rings. The Morgan fingerprint density at radius 2 is 1.83 bits per heavy atom. The smallest absolute Gasteiger partial charge is 0.224 e. The lowest BCUT2D eigenvalue weighted by molar-refractivity contribution is 0.322. The minimum absolute atomic E-state index is 0.447. The highest BCUT2D eigenvalue weighted by Gasteiger charge is 2.22. The van der Waals surface area contributed by atoms with Crippen LogP contribution in [0, 0.1) is 12.8 Å². The maximum atomic E-state index is 5.61. The first kappa shape index (κ1) is 22.2. The molecule has 0 atom stereocenters. The Bertz CT molecular complexity index is 819. The number of aromatic nitrogens is 2. The van der Waals surface area contributed by atoms with Crippen LogP contribution in [0.4, 0.5) is 11.8 Å². The fourth-order valence-corrected chi connectivity index (χ4v) is 4.15. The number of methoxy groups -OCH3 is 2. The molecule has 1 aromatic heterocycles. The van der Waals surface area contributed by atoms with Gasteiger partial charge in [0.25, 0.3) is 0 Å². The average molecular weight is 414 g/mol. The van der Waals surface area contributed by atoms with Crippen LogP contribution >= 0.6 is 0 Å². The molecule has 0 unspecified atom stereocenters. The Balaban J connectivity index is 1.44. The van der Waals surface area contributed by atoms with E-state index in [1.54, 1.807) is 14.2 Å². The third-order valence-corrected chi connectivity index (χ3v) is 5.89. The lowest BCUT2D eigenvalue weighted by Gasteiger charge is -2.29. The van der Waals surface area contributed by atoms with Crippen LogP contribution in [0.5, 0.6) is 11.5 Å². The van der Waals surface area contributed by atoms with Gasteiger partial charge in [0.05, 0.1) is 14.2 Å². The van der Waals surface area contributed by atoms with Gasteiger partial charge in [-0.3, -0.25) is 0 Å². The molecule has 1 saturated carbocycles. The van der Waals surface area contributed by atoms with Crippen molar-refractivity contribution in [2.75, 3.05) is 45.1 Å². The molecule has 7 nitrogen and oxygen atoms in total. The third-order valence-electron chi connectivity index (χ3n) is 5.89. The summed E-state index contributed by atoms with van der Waals surface area (Å²) in [6.07, 6.45) is 6.52. The second-order valence-electron chi connectivity index (χ2n) is 8.21. The Morgan fingerprint density at radius 1 is 1.07 bits per heavy atom. The molecule has 1 fully saturated rings. The Hall–Kier alpha value is -2.54. The van der Waals surface area contributed by atoms with Crippen molar-refractivity contribution in [3.8, 4) is 11.5 Å². The number of ether oxygens (including phenoxy) is 2. The summed E-state index contributed by atoms with van der Waals surface area (Å²) in [5.74, 6) is 4.12. The monoisotopic (exact) mass is 413 g/mol. The van der Waals surface area contributed by atoms with Crippen molar-refractivity contribution in [3.05, 3.63) is 35.5 Å². The minimum atomic E-state index is 0.447. The summed E-state index contributed by atoms with van der Waals surface area (Å²) in [5, 5.41) is 7.14. The van der Waals surface area contributed by atoms with Crippen LogP contribution < -0.4 is 25.0 Å². The average Bonchev–Trinajstić information content (AvgIpc) is 2.75. The normalized spacial score (nSPS) is 18.7. The number of hydrogen-bond acceptors (Lipinski definition) is 7. The molecule has 164 valence electrons. The van der Waals surface area contributed by atoms with Crippen molar-refractivity contribution in [2.45, 2.75) is 45.2 Å². The molecule has 7 heteroatoms. The molecular formula is C23H35N5O2. The van der Waals surface area contributed by atoms with Gasteiger partial charge in [-0.15, -0.1) is 0 Å². The second-order valence-corrected chi connectivity index (χ2v) is 8.21. The van der Waals surface area contributed by atoms with Crippen molar-refractivity contribution in [2.24, 2.45) is 5.92 Å². The molecule has 0 aliphatic heterocycles. The van der Waals surface area contributed by atoms with Crippen molar-refractivity contribution in [1.82, 2.24) is 15.3 Å². The zero-order valence-electron chi connectivity index (χ0n) is 18.9. The van der Waals surface area contributed by atoms with Gasteiger partial charge in [0.2, 0.25) is 5.95 Å². The van der Waals surface area contributed by atoms with E-state index in [2.05, 4.69) is 26.7 Å². The number of hydrogen-bond donors (Lipinski definition) is 2. The molecule has 0 saturated heterocycles. The number of nitrogens with zero attached hydrogens (tertiary/aromatic N) is 3. The van der Waals surface area contributed by atoms with E-state index in [9.17, 15) is 0 Å². The van der Waals surface area contributed by atoms with E-state index in [-0.39, 0.29) is 0 Å². The summed E-state index contributed by atoms with van der Waals surface area (Å²) in [5.41, 5.74) is 2.22. The molecular weight excluding hydrogens is 378 g/mol. The van der Waals surface area contributed by atoms with Gasteiger partial charge < -0.3 is 25.0 Å². The summed E-state index contributed by atoms with van der Waals surface area (Å²) in [6, 6.07) is 6.47. The zero-order chi connectivity index (χ0) is 21.5. The SMILES string of the molecule is COc1ccc(CNC[C@H]2CC[C@@H](Nc3nccc(N(C)C)n3)CC2)c(OC)c1C. The molecule has 0 spiro atoms. The molecule has 30 heavy (non-hydrogen) atoms. The topological polar surface area (TPSA) is 71.5 Å². The van der Waals surface area contributed by atoms with E-state index in [1.165, 1.54) is 18.4 Å². The van der Waals surface area contributed by atoms with Crippen LogP contribution in [0.1, 0.15) is 36.8 Å². The molecule has 1 aliphatic carbocycles. The van der Waals surface area contributed by atoms with E-state index in [0.717, 1.165) is 54.8 Å². The summed E-state index contributed by atoms with van der Waals surface area (Å²) in [4.78, 5) is 10.9. The van der Waals surface area contributed by atoms with Crippen molar-refractivity contribution in [1.29, 1.82) is 0 Å². The molecule has 0 bridgehead atoms. The van der Waals surface area contributed by atoms with E-state index in [4.69, 9.17) is 9.47 Å². The molecule has 1 heterocycles. The van der Waals surface area contributed by atoms with Crippen LogP contribution in [-0.4, -0.2) is 50.9 Å². The predicted octanol–water partition coefficient (Wildman–Crippen LogP) is 3.63. The second kappa shape index (κ2) is 10.5. The third kappa shape index (κ3) is 5.53. The van der Waals surface area contributed by atoms with Crippen LogP contribution in [0.15, 0.2) is 24.4 Å². The van der Waals surface area contributed by atoms with Gasteiger partial charge in [0, 0.05) is 44.0 Å². The standard InChI is InChI=1S/C23H35N5O2/c1-16-20(29-4)11-8-18(22(16)30-5)15-24-14-17-6-9-19(10-7-17)26-23-25-13-12-21(27-23)28(2)3/h8,11-13,17,19,24H,6-7,9-10,14-15H2,1-5H3,(H,25,26,27)/t17-,19+. The van der Waals surface area contributed by atoms with Crippen molar-refractivity contribution >= 4 is 11.8 Å². The largest absolute Gasteiger partial charge is 0.496 e. The van der Waals surface area contributed by atoms with Crippen LogP contribution in [0.25, 0.3) is 0 Å². The highest BCUT2D eigenvalue weighted by atomic mass is 16.5. The molecule has 0 amide bonds. The zero-order valence-corrected chi connectivity index (χ0v) is 18.9. The maximum Gasteiger partial charge on any atom is 0.224 e. The molecule has 1 aliphatic rings. The fourth-order valence-electron chi connectivity index (χ4n) is 4.15. The number of anilines is 2. The van der Waals surface area contributed by atoms with Crippen LogP contribution in [-0.2, 0) is 6.54 Å². The maximum absolute atomic E-state index is 5.61. The molecule has 3 rings (SSSR count). The first-order valence-electron chi connectivity index (χ1n) is 10.7. The quantitative estimate of drug-likeness (QED) is 0.650. The number of nitrogens with one attached hydrogen (secondary N) is 2. The molecule has 2 N–H and O–H groups in total. The van der Waals surface area contributed by atoms with Gasteiger partial charge in [-0.25, -0.2) is 4.98 Å². The van der Waals surface area contributed by atoms with Gasteiger partial charge in [0.15, 0.2) is 0 Å². The predicted molar refractivity (Wildman–Crippen MR) is 122 cm³/mol. The van der Waals surface area contributed by atoms with E-state index >= 15 is 0 Å².